The summed E-state index contributed by atoms with van der Waals surface area (Å²) in [6.45, 7) is -2.60. The van der Waals surface area contributed by atoms with Crippen molar-refractivity contribution in [3.05, 3.63) is 6.07 Å². The quantitative estimate of drug-likeness (QED) is 0.737. The Morgan fingerprint density at radius 2 is 1.83 bits per heavy atom. The molecule has 9 heteroatoms. The van der Waals surface area contributed by atoms with Crippen LogP contribution in [-0.4, -0.2) is 43.1 Å². The molecule has 1 heterocycles. The van der Waals surface area contributed by atoms with E-state index in [9.17, 15) is 17.6 Å². The van der Waals surface area contributed by atoms with Gasteiger partial charge in [-0.25, -0.2) is 4.39 Å². The van der Waals surface area contributed by atoms with Gasteiger partial charge in [0, 0.05) is 0 Å². The van der Waals surface area contributed by atoms with Crippen molar-refractivity contribution in [3.8, 4) is 17.8 Å². The summed E-state index contributed by atoms with van der Waals surface area (Å²) in [5.74, 6) is -0.413. The van der Waals surface area contributed by atoms with E-state index in [1.807, 2.05) is 0 Å². The number of halogens is 4. The highest BCUT2D eigenvalue weighted by Gasteiger charge is 2.29. The first-order chi connectivity index (χ1) is 8.44. The zero-order valence-electron chi connectivity index (χ0n) is 9.33. The van der Waals surface area contributed by atoms with Crippen LogP contribution < -0.4 is 14.2 Å². The number of methoxy groups -OCH3 is 1. The van der Waals surface area contributed by atoms with Crippen molar-refractivity contribution in [2.24, 2.45) is 0 Å². The van der Waals surface area contributed by atoms with E-state index in [1.165, 1.54) is 7.11 Å². The fourth-order valence-corrected chi connectivity index (χ4v) is 0.912. The van der Waals surface area contributed by atoms with Crippen molar-refractivity contribution < 1.29 is 31.8 Å². The van der Waals surface area contributed by atoms with E-state index in [0.29, 0.717) is 0 Å². The number of rotatable bonds is 6. The molecule has 0 amide bonds. The number of alkyl halides is 4. The van der Waals surface area contributed by atoms with Gasteiger partial charge in [0.25, 0.3) is 0 Å². The van der Waals surface area contributed by atoms with Crippen molar-refractivity contribution in [3.63, 3.8) is 0 Å². The minimum absolute atomic E-state index is 0.0453. The first-order valence-electron chi connectivity index (χ1n) is 4.76. The second-order valence-electron chi connectivity index (χ2n) is 2.97. The summed E-state index contributed by atoms with van der Waals surface area (Å²) < 4.78 is 61.6. The van der Waals surface area contributed by atoms with E-state index >= 15 is 0 Å². The molecule has 0 saturated carbocycles. The van der Waals surface area contributed by atoms with E-state index < -0.39 is 19.5 Å². The first kappa shape index (κ1) is 14.3. The Balaban J connectivity index is 2.76. The van der Waals surface area contributed by atoms with E-state index in [1.54, 1.807) is 0 Å². The summed E-state index contributed by atoms with van der Waals surface area (Å²) in [6.07, 6.45) is -4.49. The van der Waals surface area contributed by atoms with Crippen LogP contribution >= 0.6 is 0 Å². The Morgan fingerprint density at radius 3 is 2.39 bits per heavy atom. The van der Waals surface area contributed by atoms with Crippen LogP contribution in [0.4, 0.5) is 17.6 Å². The van der Waals surface area contributed by atoms with Crippen LogP contribution in [0.1, 0.15) is 0 Å². The second-order valence-corrected chi connectivity index (χ2v) is 2.97. The lowest BCUT2D eigenvalue weighted by atomic mass is 10.6. The molecule has 0 unspecified atom stereocenters. The average Bonchev–Trinajstić information content (AvgIpc) is 2.32. The minimum atomic E-state index is -4.49. The molecule has 1 rings (SSSR count). The van der Waals surface area contributed by atoms with Crippen molar-refractivity contribution in [1.82, 2.24) is 9.97 Å². The third-order valence-corrected chi connectivity index (χ3v) is 1.56. The number of hydrogen-bond donors (Lipinski definition) is 0. The molecule has 0 N–H and O–H groups in total. The first-order valence-corrected chi connectivity index (χ1v) is 4.76. The zero-order chi connectivity index (χ0) is 13.6. The van der Waals surface area contributed by atoms with E-state index in [-0.39, 0.29) is 24.4 Å². The SMILES string of the molecule is COc1cc(OCC(F)(F)F)nc(OCCF)n1. The highest BCUT2D eigenvalue weighted by molar-refractivity contribution is 5.22. The van der Waals surface area contributed by atoms with Crippen LogP contribution in [0.2, 0.25) is 0 Å². The van der Waals surface area contributed by atoms with Gasteiger partial charge in [-0.05, 0) is 0 Å². The number of ether oxygens (including phenoxy) is 3. The van der Waals surface area contributed by atoms with E-state index in [2.05, 4.69) is 14.7 Å². The van der Waals surface area contributed by atoms with Crippen LogP contribution in [0, 0.1) is 0 Å². The lowest BCUT2D eigenvalue weighted by Crippen LogP contribution is -2.20. The molecular weight excluding hydrogens is 260 g/mol. The maximum absolute atomic E-state index is 11.9. The lowest BCUT2D eigenvalue weighted by Gasteiger charge is -2.10. The predicted octanol–water partition coefficient (Wildman–Crippen LogP) is 1.77. The Morgan fingerprint density at radius 1 is 1.17 bits per heavy atom. The largest absolute Gasteiger partial charge is 0.481 e. The van der Waals surface area contributed by atoms with Gasteiger partial charge in [0.05, 0.1) is 13.2 Å². The van der Waals surface area contributed by atoms with Gasteiger partial charge >= 0.3 is 12.2 Å². The minimum Gasteiger partial charge on any atom is -0.481 e. The Labute approximate surface area is 99.7 Å². The molecule has 0 bridgehead atoms. The Hall–Kier alpha value is -1.80. The van der Waals surface area contributed by atoms with E-state index in [4.69, 9.17) is 9.47 Å². The summed E-state index contributed by atoms with van der Waals surface area (Å²) in [4.78, 5) is 7.17. The predicted molar refractivity (Wildman–Crippen MR) is 51.6 cm³/mol. The second kappa shape index (κ2) is 6.22. The number of hydrogen-bond acceptors (Lipinski definition) is 5. The molecule has 0 spiro atoms. The van der Waals surface area contributed by atoms with E-state index in [0.717, 1.165) is 6.07 Å². The Bertz CT molecular complexity index is 387. The Kier molecular flexibility index (Phi) is 4.93. The van der Waals surface area contributed by atoms with Crippen LogP contribution in [0.25, 0.3) is 0 Å². The molecule has 1 aromatic heterocycles. The van der Waals surface area contributed by atoms with Crippen molar-refractivity contribution in [1.29, 1.82) is 0 Å². The third kappa shape index (κ3) is 5.02. The van der Waals surface area contributed by atoms with Crippen LogP contribution in [0.3, 0.4) is 0 Å². The molecule has 0 fully saturated rings. The van der Waals surface area contributed by atoms with Gasteiger partial charge < -0.3 is 14.2 Å². The van der Waals surface area contributed by atoms with Gasteiger partial charge in [0.1, 0.15) is 13.3 Å². The van der Waals surface area contributed by atoms with Crippen molar-refractivity contribution >= 4 is 0 Å². The van der Waals surface area contributed by atoms with Crippen LogP contribution in [0.15, 0.2) is 6.07 Å². The maximum atomic E-state index is 11.9. The van der Waals surface area contributed by atoms with Gasteiger partial charge in [-0.1, -0.05) is 0 Å². The molecular formula is C9H10F4N2O3. The summed E-state index contributed by atoms with van der Waals surface area (Å²) in [7, 11) is 1.26. The lowest BCUT2D eigenvalue weighted by molar-refractivity contribution is -0.154. The molecule has 5 nitrogen and oxygen atoms in total. The highest BCUT2D eigenvalue weighted by atomic mass is 19.4. The van der Waals surface area contributed by atoms with Gasteiger partial charge in [0.2, 0.25) is 11.8 Å². The molecule has 1 aromatic rings. The van der Waals surface area contributed by atoms with Gasteiger partial charge in [-0.2, -0.15) is 23.1 Å². The molecule has 0 aliphatic heterocycles. The molecule has 102 valence electrons. The monoisotopic (exact) mass is 270 g/mol. The summed E-state index contributed by atoms with van der Waals surface area (Å²) in [6, 6.07) is 0.748. The number of aromatic nitrogens is 2. The van der Waals surface area contributed by atoms with Gasteiger partial charge in [-0.3, -0.25) is 0 Å². The normalized spacial score (nSPS) is 11.2. The van der Waals surface area contributed by atoms with Gasteiger partial charge in [0.15, 0.2) is 6.61 Å². The maximum Gasteiger partial charge on any atom is 0.422 e. The smallest absolute Gasteiger partial charge is 0.422 e. The third-order valence-electron chi connectivity index (χ3n) is 1.56. The molecule has 0 radical (unpaired) electrons. The fourth-order valence-electron chi connectivity index (χ4n) is 0.912. The summed E-state index contributed by atoms with van der Waals surface area (Å²) >= 11 is 0. The van der Waals surface area contributed by atoms with Crippen molar-refractivity contribution in [2.45, 2.75) is 6.18 Å². The molecule has 18 heavy (non-hydrogen) atoms. The fraction of sp³-hybridized carbons (Fsp3) is 0.556. The standard InChI is InChI=1S/C9H10F4N2O3/c1-16-6-4-7(18-5-9(11,12)13)15-8(14-6)17-3-2-10/h4H,2-3,5H2,1H3. The zero-order valence-corrected chi connectivity index (χ0v) is 9.33. The van der Waals surface area contributed by atoms with Crippen molar-refractivity contribution in [2.75, 3.05) is 27.0 Å². The van der Waals surface area contributed by atoms with Crippen LogP contribution in [0.5, 0.6) is 17.8 Å². The summed E-state index contributed by atoms with van der Waals surface area (Å²) in [5, 5.41) is 0. The summed E-state index contributed by atoms with van der Waals surface area (Å²) in [5.41, 5.74) is 0. The topological polar surface area (TPSA) is 53.5 Å². The molecule has 0 aromatic carbocycles. The average molecular weight is 270 g/mol. The molecule has 0 atom stereocenters. The molecule has 0 aliphatic rings. The number of nitrogens with zero attached hydrogens (tertiary/aromatic N) is 2. The highest BCUT2D eigenvalue weighted by Crippen LogP contribution is 2.22. The molecule has 0 aliphatic carbocycles. The molecule has 0 saturated heterocycles. The van der Waals surface area contributed by atoms with Crippen LogP contribution in [-0.2, 0) is 0 Å². The van der Waals surface area contributed by atoms with Gasteiger partial charge in [-0.15, -0.1) is 0 Å².